The molecule has 33 heavy (non-hydrogen) atoms. The van der Waals surface area contributed by atoms with Gasteiger partial charge >= 0.3 is 12.1 Å². The predicted octanol–water partition coefficient (Wildman–Crippen LogP) is 3.84. The minimum atomic E-state index is -0.844. The van der Waals surface area contributed by atoms with Crippen LogP contribution in [0.3, 0.4) is 0 Å². The van der Waals surface area contributed by atoms with Crippen LogP contribution in [0.2, 0.25) is 0 Å². The summed E-state index contributed by atoms with van der Waals surface area (Å²) in [7, 11) is 0. The molecule has 1 fully saturated rings. The Bertz CT molecular complexity index is 1020. The van der Waals surface area contributed by atoms with Crippen molar-refractivity contribution < 1.29 is 24.2 Å². The molecule has 2 aromatic rings. The molecule has 4 rings (SSSR count). The standard InChI is InChI=1S/C26H28N2O5/c29-24(28-23-12-5-7-17(23)15-25(30)31)13-6-14-27-26(32)33-16-22-20-10-3-1-8-18(20)19-9-2-4-11-21(19)22/h1-4,6,8-11,13,17,22-23H,5,7,12,14-16H2,(H,27,32)(H,28,29)(H,30,31)/b13-6+. The van der Waals surface area contributed by atoms with Gasteiger partial charge in [0.25, 0.3) is 0 Å². The number of ether oxygens (including phenoxy) is 1. The van der Waals surface area contributed by atoms with Crippen molar-refractivity contribution in [1.29, 1.82) is 0 Å². The van der Waals surface area contributed by atoms with E-state index in [9.17, 15) is 14.4 Å². The van der Waals surface area contributed by atoms with Crippen LogP contribution in [0.25, 0.3) is 11.1 Å². The number of hydrogen-bond acceptors (Lipinski definition) is 4. The summed E-state index contributed by atoms with van der Waals surface area (Å²) in [6.45, 7) is 0.393. The summed E-state index contributed by atoms with van der Waals surface area (Å²) in [5.74, 6) is -1.16. The van der Waals surface area contributed by atoms with Gasteiger partial charge in [-0.3, -0.25) is 9.59 Å². The molecule has 2 aliphatic carbocycles. The van der Waals surface area contributed by atoms with Crippen LogP contribution in [0, 0.1) is 5.92 Å². The van der Waals surface area contributed by atoms with E-state index in [0.29, 0.717) is 0 Å². The average molecular weight is 449 g/mol. The summed E-state index contributed by atoms with van der Waals surface area (Å²) in [6.07, 6.45) is 4.95. The minimum Gasteiger partial charge on any atom is -0.481 e. The number of fused-ring (bicyclic) bond motifs is 3. The predicted molar refractivity (Wildman–Crippen MR) is 124 cm³/mol. The zero-order valence-electron chi connectivity index (χ0n) is 18.3. The first-order valence-corrected chi connectivity index (χ1v) is 11.3. The van der Waals surface area contributed by atoms with Crippen LogP contribution < -0.4 is 10.6 Å². The van der Waals surface area contributed by atoms with Gasteiger partial charge in [0.1, 0.15) is 6.61 Å². The van der Waals surface area contributed by atoms with Crippen LogP contribution >= 0.6 is 0 Å². The first-order chi connectivity index (χ1) is 16.0. The van der Waals surface area contributed by atoms with Crippen molar-refractivity contribution in [2.24, 2.45) is 5.92 Å². The number of aliphatic carboxylic acids is 1. The van der Waals surface area contributed by atoms with Gasteiger partial charge in [-0.15, -0.1) is 0 Å². The number of amides is 2. The van der Waals surface area contributed by atoms with Gasteiger partial charge in [0.15, 0.2) is 0 Å². The molecular weight excluding hydrogens is 420 g/mol. The van der Waals surface area contributed by atoms with E-state index in [2.05, 4.69) is 34.9 Å². The lowest BCUT2D eigenvalue weighted by molar-refractivity contribution is -0.138. The van der Waals surface area contributed by atoms with Crippen LogP contribution in [0.4, 0.5) is 4.79 Å². The molecular formula is C26H28N2O5. The largest absolute Gasteiger partial charge is 0.481 e. The number of carboxylic acid groups (broad SMARTS) is 1. The normalized spacial score (nSPS) is 19.2. The molecule has 0 spiro atoms. The molecule has 3 N–H and O–H groups in total. The van der Waals surface area contributed by atoms with E-state index in [-0.39, 0.29) is 43.4 Å². The molecule has 0 heterocycles. The van der Waals surface area contributed by atoms with E-state index in [1.54, 1.807) is 6.08 Å². The summed E-state index contributed by atoms with van der Waals surface area (Å²) in [5, 5.41) is 14.5. The van der Waals surface area contributed by atoms with Crippen LogP contribution in [0.1, 0.15) is 42.7 Å². The smallest absolute Gasteiger partial charge is 0.407 e. The third kappa shape index (κ3) is 5.42. The number of hydrogen-bond donors (Lipinski definition) is 3. The van der Waals surface area contributed by atoms with Crippen molar-refractivity contribution >= 4 is 18.0 Å². The zero-order chi connectivity index (χ0) is 23.2. The van der Waals surface area contributed by atoms with E-state index in [1.165, 1.54) is 17.2 Å². The Kier molecular flexibility index (Phi) is 7.07. The van der Waals surface area contributed by atoms with E-state index in [1.807, 2.05) is 24.3 Å². The van der Waals surface area contributed by atoms with Crippen molar-refractivity contribution in [3.63, 3.8) is 0 Å². The molecule has 1 saturated carbocycles. The fraction of sp³-hybridized carbons (Fsp3) is 0.346. The molecule has 0 bridgehead atoms. The number of alkyl carbamates (subject to hydrolysis) is 1. The Morgan fingerprint density at radius 1 is 1.00 bits per heavy atom. The van der Waals surface area contributed by atoms with Crippen LogP contribution in [0.5, 0.6) is 0 Å². The number of carbonyl (C=O) groups excluding carboxylic acids is 2. The summed E-state index contributed by atoms with van der Waals surface area (Å²) < 4.78 is 5.47. The molecule has 2 amide bonds. The number of benzene rings is 2. The van der Waals surface area contributed by atoms with Gasteiger partial charge < -0.3 is 20.5 Å². The highest BCUT2D eigenvalue weighted by atomic mass is 16.5. The number of nitrogens with one attached hydrogen (secondary N) is 2. The lowest BCUT2D eigenvalue weighted by Crippen LogP contribution is -2.37. The highest BCUT2D eigenvalue weighted by molar-refractivity contribution is 5.88. The lowest BCUT2D eigenvalue weighted by atomic mass is 9.98. The molecule has 7 nitrogen and oxygen atoms in total. The SMILES string of the molecule is O=C(O)CC1CCCC1NC(=O)/C=C/CNC(=O)OCC1c2ccccc2-c2ccccc21. The number of carboxylic acids is 1. The molecule has 7 heteroatoms. The molecule has 2 aliphatic rings. The van der Waals surface area contributed by atoms with Crippen LogP contribution in [-0.2, 0) is 14.3 Å². The number of carbonyl (C=O) groups is 3. The topological polar surface area (TPSA) is 105 Å². The molecule has 0 radical (unpaired) electrons. The van der Waals surface area contributed by atoms with Crippen LogP contribution in [0.15, 0.2) is 60.7 Å². The third-order valence-electron chi connectivity index (χ3n) is 6.40. The average Bonchev–Trinajstić information content (AvgIpc) is 3.36. The van der Waals surface area contributed by atoms with E-state index >= 15 is 0 Å². The highest BCUT2D eigenvalue weighted by Gasteiger charge is 2.30. The Labute approximate surface area is 192 Å². The first-order valence-electron chi connectivity index (χ1n) is 11.3. The second kappa shape index (κ2) is 10.3. The summed E-state index contributed by atoms with van der Waals surface area (Å²) in [4.78, 5) is 35.2. The summed E-state index contributed by atoms with van der Waals surface area (Å²) in [5.41, 5.74) is 4.64. The van der Waals surface area contributed by atoms with Crippen molar-refractivity contribution in [2.75, 3.05) is 13.2 Å². The van der Waals surface area contributed by atoms with E-state index in [4.69, 9.17) is 9.84 Å². The van der Waals surface area contributed by atoms with Gasteiger partial charge in [0.05, 0.1) is 6.42 Å². The second-order valence-electron chi connectivity index (χ2n) is 8.51. The molecule has 2 atom stereocenters. The summed E-state index contributed by atoms with van der Waals surface area (Å²) >= 11 is 0. The fourth-order valence-electron chi connectivity index (χ4n) is 4.88. The molecule has 0 aliphatic heterocycles. The molecule has 172 valence electrons. The Balaban J connectivity index is 1.22. The minimum absolute atomic E-state index is 0.00497. The zero-order valence-corrected chi connectivity index (χ0v) is 18.3. The second-order valence-corrected chi connectivity index (χ2v) is 8.51. The molecule has 0 aromatic heterocycles. The quantitative estimate of drug-likeness (QED) is 0.532. The fourth-order valence-corrected chi connectivity index (χ4v) is 4.88. The first kappa shape index (κ1) is 22.6. The Hall–Kier alpha value is -3.61. The maximum atomic E-state index is 12.2. The van der Waals surface area contributed by atoms with Crippen molar-refractivity contribution in [1.82, 2.24) is 10.6 Å². The number of rotatable bonds is 8. The maximum absolute atomic E-state index is 12.2. The molecule has 2 unspecified atom stereocenters. The monoisotopic (exact) mass is 448 g/mol. The third-order valence-corrected chi connectivity index (χ3v) is 6.40. The maximum Gasteiger partial charge on any atom is 0.407 e. The Morgan fingerprint density at radius 2 is 1.67 bits per heavy atom. The van der Waals surface area contributed by atoms with Gasteiger partial charge in [-0.05, 0) is 41.0 Å². The van der Waals surface area contributed by atoms with Gasteiger partial charge in [0, 0.05) is 24.6 Å². The van der Waals surface area contributed by atoms with Gasteiger partial charge in [-0.25, -0.2) is 4.79 Å². The van der Waals surface area contributed by atoms with Gasteiger partial charge in [0.2, 0.25) is 5.91 Å². The van der Waals surface area contributed by atoms with Crippen molar-refractivity contribution in [3.8, 4) is 11.1 Å². The van der Waals surface area contributed by atoms with Crippen molar-refractivity contribution in [2.45, 2.75) is 37.6 Å². The Morgan fingerprint density at radius 3 is 2.33 bits per heavy atom. The van der Waals surface area contributed by atoms with Gasteiger partial charge in [-0.1, -0.05) is 61.0 Å². The molecule has 0 saturated heterocycles. The molecule has 2 aromatic carbocycles. The van der Waals surface area contributed by atoms with Gasteiger partial charge in [-0.2, -0.15) is 0 Å². The summed E-state index contributed by atoms with van der Waals surface area (Å²) in [6, 6.07) is 16.2. The lowest BCUT2D eigenvalue weighted by Gasteiger charge is -2.18. The van der Waals surface area contributed by atoms with E-state index < -0.39 is 12.1 Å². The van der Waals surface area contributed by atoms with Crippen molar-refractivity contribution in [3.05, 3.63) is 71.8 Å². The van der Waals surface area contributed by atoms with Crippen LogP contribution in [-0.4, -0.2) is 42.3 Å². The van der Waals surface area contributed by atoms with E-state index in [0.717, 1.165) is 30.4 Å². The highest BCUT2D eigenvalue weighted by Crippen LogP contribution is 2.44.